The average molecular weight is 222 g/mol. The van der Waals surface area contributed by atoms with Gasteiger partial charge in [-0.25, -0.2) is 9.50 Å². The fourth-order valence-electron chi connectivity index (χ4n) is 1.81. The summed E-state index contributed by atoms with van der Waals surface area (Å²) in [5.41, 5.74) is 1.92. The number of hydrogen-bond acceptors (Lipinski definition) is 2. The lowest BCUT2D eigenvalue weighted by atomic mass is 10.2. The Hall–Kier alpha value is -1.09. The molecule has 3 nitrogen and oxygen atoms in total. The van der Waals surface area contributed by atoms with Gasteiger partial charge in [0.2, 0.25) is 0 Å². The van der Waals surface area contributed by atoms with Gasteiger partial charge in [0.05, 0.1) is 6.20 Å². The van der Waals surface area contributed by atoms with Crippen LogP contribution in [0.1, 0.15) is 25.0 Å². The molecule has 2 heterocycles. The van der Waals surface area contributed by atoms with E-state index in [2.05, 4.69) is 10.1 Å². The third-order valence-corrected chi connectivity index (χ3v) is 3.14. The highest BCUT2D eigenvalue weighted by Crippen LogP contribution is 2.33. The Bertz CT molecular complexity index is 488. The van der Waals surface area contributed by atoms with E-state index in [0.29, 0.717) is 5.15 Å². The van der Waals surface area contributed by atoms with Crippen molar-refractivity contribution in [3.8, 4) is 0 Å². The molecule has 2 aromatic heterocycles. The smallest absolute Gasteiger partial charge is 0.156 e. The minimum Gasteiger partial charge on any atom is -0.233 e. The van der Waals surface area contributed by atoms with Gasteiger partial charge in [-0.15, -0.1) is 0 Å². The number of fused-ring (bicyclic) bond motifs is 1. The highest BCUT2D eigenvalue weighted by Gasteiger charge is 2.20. The number of halogens is 1. The molecule has 0 N–H and O–H groups in total. The fourth-order valence-corrected chi connectivity index (χ4v) is 2.07. The molecular formula is C11H12ClN3. The summed E-state index contributed by atoms with van der Waals surface area (Å²) in [5, 5.41) is 4.74. The van der Waals surface area contributed by atoms with Crippen molar-refractivity contribution in [2.45, 2.75) is 25.7 Å². The number of aromatic nitrogens is 3. The van der Waals surface area contributed by atoms with Gasteiger partial charge in [-0.05, 0) is 24.8 Å². The van der Waals surface area contributed by atoms with Crippen LogP contribution in [0.4, 0.5) is 0 Å². The number of hydrogen-bond donors (Lipinski definition) is 0. The average Bonchev–Trinajstić information content (AvgIpc) is 2.93. The van der Waals surface area contributed by atoms with Crippen LogP contribution in [0.5, 0.6) is 0 Å². The maximum Gasteiger partial charge on any atom is 0.156 e. The summed E-state index contributed by atoms with van der Waals surface area (Å²) in [4.78, 5) is 4.51. The molecule has 0 aromatic carbocycles. The molecule has 3 rings (SSSR count). The molecule has 0 spiro atoms. The van der Waals surface area contributed by atoms with Gasteiger partial charge in [0.1, 0.15) is 5.15 Å². The lowest BCUT2D eigenvalue weighted by Crippen LogP contribution is -1.97. The standard InChI is InChI=1S/C11H12ClN3/c12-10-7-9(4-3-8-1-2-8)14-11-5-6-13-15(10)11/h5-8H,1-4H2. The molecule has 0 radical (unpaired) electrons. The summed E-state index contributed by atoms with van der Waals surface area (Å²) in [6, 6.07) is 3.80. The Morgan fingerprint density at radius 2 is 2.33 bits per heavy atom. The van der Waals surface area contributed by atoms with E-state index in [1.807, 2.05) is 12.1 Å². The zero-order valence-corrected chi connectivity index (χ0v) is 9.11. The predicted octanol–water partition coefficient (Wildman–Crippen LogP) is 2.73. The first-order valence-corrected chi connectivity index (χ1v) is 5.70. The van der Waals surface area contributed by atoms with E-state index in [1.54, 1.807) is 10.7 Å². The molecular weight excluding hydrogens is 210 g/mol. The molecule has 4 heteroatoms. The summed E-state index contributed by atoms with van der Waals surface area (Å²) in [5.74, 6) is 0.937. The van der Waals surface area contributed by atoms with Crippen LogP contribution < -0.4 is 0 Å². The summed E-state index contributed by atoms with van der Waals surface area (Å²) in [6.45, 7) is 0. The van der Waals surface area contributed by atoms with Gasteiger partial charge in [0.15, 0.2) is 5.65 Å². The van der Waals surface area contributed by atoms with Crippen molar-refractivity contribution in [3.63, 3.8) is 0 Å². The minimum atomic E-state index is 0.649. The highest BCUT2D eigenvalue weighted by molar-refractivity contribution is 6.29. The first-order valence-electron chi connectivity index (χ1n) is 5.32. The van der Waals surface area contributed by atoms with E-state index in [9.17, 15) is 0 Å². The van der Waals surface area contributed by atoms with Crippen molar-refractivity contribution in [1.82, 2.24) is 14.6 Å². The molecule has 1 fully saturated rings. The summed E-state index contributed by atoms with van der Waals surface area (Å²) in [6.07, 6.45) is 6.78. The van der Waals surface area contributed by atoms with Crippen molar-refractivity contribution in [2.75, 3.05) is 0 Å². The largest absolute Gasteiger partial charge is 0.233 e. The van der Waals surface area contributed by atoms with E-state index >= 15 is 0 Å². The Morgan fingerprint density at radius 3 is 3.13 bits per heavy atom. The van der Waals surface area contributed by atoms with E-state index in [4.69, 9.17) is 11.6 Å². The van der Waals surface area contributed by atoms with Gasteiger partial charge >= 0.3 is 0 Å². The first kappa shape index (κ1) is 9.16. The monoisotopic (exact) mass is 221 g/mol. The van der Waals surface area contributed by atoms with Crippen LogP contribution in [0.3, 0.4) is 0 Å². The predicted molar refractivity (Wildman–Crippen MR) is 59.0 cm³/mol. The molecule has 0 unspecified atom stereocenters. The Morgan fingerprint density at radius 1 is 1.47 bits per heavy atom. The van der Waals surface area contributed by atoms with Gasteiger partial charge in [-0.1, -0.05) is 24.4 Å². The van der Waals surface area contributed by atoms with Crippen LogP contribution in [0.2, 0.25) is 5.15 Å². The molecule has 15 heavy (non-hydrogen) atoms. The van der Waals surface area contributed by atoms with Crippen LogP contribution in [0.15, 0.2) is 18.3 Å². The lowest BCUT2D eigenvalue weighted by molar-refractivity contribution is 0.712. The molecule has 0 atom stereocenters. The second-order valence-electron chi connectivity index (χ2n) is 4.15. The van der Waals surface area contributed by atoms with Gasteiger partial charge < -0.3 is 0 Å². The second-order valence-corrected chi connectivity index (χ2v) is 4.54. The molecule has 0 aliphatic heterocycles. The van der Waals surface area contributed by atoms with Crippen molar-refractivity contribution in [3.05, 3.63) is 29.2 Å². The third kappa shape index (κ3) is 1.84. The van der Waals surface area contributed by atoms with E-state index in [0.717, 1.165) is 23.7 Å². The SMILES string of the molecule is Clc1cc(CCC2CC2)nc2ccnn12. The van der Waals surface area contributed by atoms with Gasteiger partial charge in [0, 0.05) is 11.8 Å². The maximum absolute atomic E-state index is 6.09. The first-order chi connectivity index (χ1) is 7.33. The molecule has 78 valence electrons. The van der Waals surface area contributed by atoms with Crippen molar-refractivity contribution >= 4 is 17.2 Å². The number of aryl methyl sites for hydroxylation is 1. The molecule has 0 saturated heterocycles. The third-order valence-electron chi connectivity index (χ3n) is 2.87. The summed E-state index contributed by atoms with van der Waals surface area (Å²) >= 11 is 6.09. The minimum absolute atomic E-state index is 0.649. The maximum atomic E-state index is 6.09. The van der Waals surface area contributed by atoms with Gasteiger partial charge in [-0.3, -0.25) is 0 Å². The van der Waals surface area contributed by atoms with Crippen LogP contribution in [-0.4, -0.2) is 14.6 Å². The fraction of sp³-hybridized carbons (Fsp3) is 0.455. The van der Waals surface area contributed by atoms with E-state index in [1.165, 1.54) is 19.3 Å². The zero-order valence-electron chi connectivity index (χ0n) is 8.36. The normalized spacial score (nSPS) is 16.1. The molecule has 1 saturated carbocycles. The quantitative estimate of drug-likeness (QED) is 0.746. The molecule has 2 aromatic rings. The molecule has 0 amide bonds. The van der Waals surface area contributed by atoms with Gasteiger partial charge in [-0.2, -0.15) is 5.10 Å². The summed E-state index contributed by atoms with van der Waals surface area (Å²) < 4.78 is 1.65. The molecule has 0 bridgehead atoms. The summed E-state index contributed by atoms with van der Waals surface area (Å²) in [7, 11) is 0. The zero-order chi connectivity index (χ0) is 10.3. The Kier molecular flexibility index (Phi) is 2.13. The van der Waals surface area contributed by atoms with Crippen LogP contribution in [-0.2, 0) is 6.42 Å². The second kappa shape index (κ2) is 3.49. The van der Waals surface area contributed by atoms with Crippen LogP contribution >= 0.6 is 11.6 Å². The van der Waals surface area contributed by atoms with E-state index in [-0.39, 0.29) is 0 Å². The molecule has 1 aliphatic rings. The van der Waals surface area contributed by atoms with Crippen molar-refractivity contribution in [2.24, 2.45) is 5.92 Å². The van der Waals surface area contributed by atoms with Crippen LogP contribution in [0.25, 0.3) is 5.65 Å². The number of rotatable bonds is 3. The van der Waals surface area contributed by atoms with Gasteiger partial charge in [0.25, 0.3) is 0 Å². The highest BCUT2D eigenvalue weighted by atomic mass is 35.5. The Labute approximate surface area is 93.1 Å². The Balaban J connectivity index is 1.89. The molecule has 1 aliphatic carbocycles. The van der Waals surface area contributed by atoms with Crippen LogP contribution in [0, 0.1) is 5.92 Å². The topological polar surface area (TPSA) is 30.2 Å². The van der Waals surface area contributed by atoms with Crippen molar-refractivity contribution < 1.29 is 0 Å². The van der Waals surface area contributed by atoms with Crippen molar-refractivity contribution in [1.29, 1.82) is 0 Å². The lowest BCUT2D eigenvalue weighted by Gasteiger charge is -2.02. The number of nitrogens with zero attached hydrogens (tertiary/aromatic N) is 3. The van der Waals surface area contributed by atoms with E-state index < -0.39 is 0 Å².